The topological polar surface area (TPSA) is 30.0 Å². The molecule has 4 aromatic rings. The van der Waals surface area contributed by atoms with Gasteiger partial charge in [0.15, 0.2) is 5.78 Å². The maximum absolute atomic E-state index is 13.4. The summed E-state index contributed by atoms with van der Waals surface area (Å²) in [6, 6.07) is 31.6. The van der Waals surface area contributed by atoms with Crippen molar-refractivity contribution in [2.24, 2.45) is 0 Å². The van der Waals surface area contributed by atoms with Crippen LogP contribution in [0, 0.1) is 6.92 Å². The van der Waals surface area contributed by atoms with Gasteiger partial charge in [-0.1, -0.05) is 109 Å². The molecule has 0 saturated carbocycles. The Morgan fingerprint density at radius 2 is 1.32 bits per heavy atom. The van der Waals surface area contributed by atoms with Crippen LogP contribution in [0.3, 0.4) is 0 Å². The Morgan fingerprint density at radius 1 is 0.806 bits per heavy atom. The van der Waals surface area contributed by atoms with E-state index in [1.54, 1.807) is 6.20 Å². The second-order valence-corrected chi connectivity index (χ2v) is 12.2. The normalized spacial score (nSPS) is 12.3. The zero-order valence-electron chi connectivity index (χ0n) is 17.4. The standard InChI is InChI=1S/C27H24NOPS/c1-21-12-11-19-28-27(21)26(20-25(29)22-13-5-2-6-14-22)30(31,23-15-7-3-8-16-23)24-17-9-4-10-18-24/h2-19,26H,20H2,1H3/t26-/m0/s1. The molecule has 0 aliphatic carbocycles. The van der Waals surface area contributed by atoms with Crippen LogP contribution in [-0.2, 0) is 11.8 Å². The summed E-state index contributed by atoms with van der Waals surface area (Å²) in [5.74, 6) is 0.0942. The van der Waals surface area contributed by atoms with Crippen molar-refractivity contribution in [2.75, 3.05) is 0 Å². The molecule has 0 aliphatic rings. The Morgan fingerprint density at radius 3 is 1.84 bits per heavy atom. The number of benzene rings is 3. The highest BCUT2D eigenvalue weighted by Gasteiger charge is 2.36. The molecule has 154 valence electrons. The summed E-state index contributed by atoms with van der Waals surface area (Å²) in [7, 11) is 0. The van der Waals surface area contributed by atoms with Crippen LogP contribution >= 0.6 is 6.04 Å². The minimum absolute atomic E-state index is 0.0942. The summed E-state index contributed by atoms with van der Waals surface area (Å²) >= 11 is 6.59. The molecule has 0 bridgehead atoms. The smallest absolute Gasteiger partial charge is 0.163 e. The third-order valence-electron chi connectivity index (χ3n) is 5.56. The van der Waals surface area contributed by atoms with Gasteiger partial charge >= 0.3 is 0 Å². The van der Waals surface area contributed by atoms with Crippen LogP contribution in [0.25, 0.3) is 0 Å². The molecular weight excluding hydrogens is 417 g/mol. The minimum atomic E-state index is -2.41. The number of nitrogens with zero attached hydrogens (tertiary/aromatic N) is 1. The summed E-state index contributed by atoms with van der Waals surface area (Å²) in [4.78, 5) is 18.1. The number of aryl methyl sites for hydroxylation is 1. The highest BCUT2D eigenvalue weighted by molar-refractivity contribution is 8.22. The molecule has 0 unspecified atom stereocenters. The number of rotatable bonds is 7. The molecule has 2 nitrogen and oxygen atoms in total. The minimum Gasteiger partial charge on any atom is -0.294 e. The van der Waals surface area contributed by atoms with Gasteiger partial charge in [0.1, 0.15) is 0 Å². The molecule has 1 aromatic heterocycles. The van der Waals surface area contributed by atoms with Crippen LogP contribution in [0.15, 0.2) is 109 Å². The quantitative estimate of drug-likeness (QED) is 0.267. The molecule has 1 heterocycles. The maximum Gasteiger partial charge on any atom is 0.163 e. The van der Waals surface area contributed by atoms with E-state index in [-0.39, 0.29) is 11.4 Å². The molecule has 0 aliphatic heterocycles. The first-order valence-electron chi connectivity index (χ1n) is 10.3. The molecule has 0 radical (unpaired) electrons. The van der Waals surface area contributed by atoms with Crippen LogP contribution in [0.1, 0.15) is 33.7 Å². The Labute approximate surface area is 189 Å². The molecule has 0 saturated heterocycles. The lowest BCUT2D eigenvalue weighted by Crippen LogP contribution is -2.24. The van der Waals surface area contributed by atoms with Gasteiger partial charge in [0.2, 0.25) is 0 Å². The predicted molar refractivity (Wildman–Crippen MR) is 134 cm³/mol. The number of pyridine rings is 1. The highest BCUT2D eigenvalue weighted by Crippen LogP contribution is 2.59. The van der Waals surface area contributed by atoms with E-state index >= 15 is 0 Å². The summed E-state index contributed by atoms with van der Waals surface area (Å²) in [5.41, 5.74) is 2.50. The first-order valence-corrected chi connectivity index (χ1v) is 13.2. The number of carbonyl (C=O) groups excluding carboxylic acids is 1. The highest BCUT2D eigenvalue weighted by atomic mass is 32.4. The van der Waals surface area contributed by atoms with Crippen molar-refractivity contribution in [1.82, 2.24) is 4.98 Å². The predicted octanol–water partition coefficient (Wildman–Crippen LogP) is 5.83. The number of ketones is 1. The second kappa shape index (κ2) is 9.51. The van der Waals surface area contributed by atoms with Gasteiger partial charge in [-0.15, -0.1) is 0 Å². The largest absolute Gasteiger partial charge is 0.294 e. The van der Waals surface area contributed by atoms with Crippen LogP contribution in [0.5, 0.6) is 0 Å². The fourth-order valence-corrected chi connectivity index (χ4v) is 8.51. The van der Waals surface area contributed by atoms with Gasteiger partial charge < -0.3 is 0 Å². The second-order valence-electron chi connectivity index (χ2n) is 7.54. The van der Waals surface area contributed by atoms with Crippen LogP contribution in [-0.4, -0.2) is 10.8 Å². The lowest BCUT2D eigenvalue weighted by Gasteiger charge is -2.32. The van der Waals surface area contributed by atoms with Crippen molar-refractivity contribution in [1.29, 1.82) is 0 Å². The molecule has 4 rings (SSSR count). The Bertz CT molecular complexity index is 1170. The molecule has 0 amide bonds. The van der Waals surface area contributed by atoms with Gasteiger partial charge in [0, 0.05) is 29.9 Å². The molecule has 4 heteroatoms. The van der Waals surface area contributed by atoms with Gasteiger partial charge in [-0.3, -0.25) is 9.78 Å². The molecule has 1 atom stereocenters. The van der Waals surface area contributed by atoms with E-state index in [0.717, 1.165) is 21.9 Å². The summed E-state index contributed by atoms with van der Waals surface area (Å²) < 4.78 is 0. The third kappa shape index (κ3) is 4.44. The molecule has 31 heavy (non-hydrogen) atoms. The van der Waals surface area contributed by atoms with E-state index in [2.05, 4.69) is 37.3 Å². The van der Waals surface area contributed by atoms with Crippen molar-refractivity contribution in [3.63, 3.8) is 0 Å². The Hall–Kier alpha value is -2.87. The fraction of sp³-hybridized carbons (Fsp3) is 0.111. The van der Waals surface area contributed by atoms with Gasteiger partial charge in [0.05, 0.1) is 5.69 Å². The SMILES string of the molecule is Cc1cccnc1[C@H](CC(=O)c1ccccc1)P(=S)(c1ccccc1)c1ccccc1. The van der Waals surface area contributed by atoms with E-state index in [1.165, 1.54) is 0 Å². The number of Topliss-reactive ketones (excluding diaryl/α,β-unsaturated/α-hetero) is 1. The van der Waals surface area contributed by atoms with E-state index < -0.39 is 6.04 Å². The third-order valence-corrected chi connectivity index (χ3v) is 11.0. The number of aromatic nitrogens is 1. The van der Waals surface area contributed by atoms with E-state index in [0.29, 0.717) is 12.0 Å². The molecule has 0 N–H and O–H groups in total. The number of carbonyl (C=O) groups is 1. The zero-order chi connectivity index (χ0) is 21.7. The first kappa shape index (κ1) is 21.4. The summed E-state index contributed by atoms with van der Waals surface area (Å²) in [6.07, 6.45) is 2.13. The van der Waals surface area contributed by atoms with Gasteiger partial charge in [-0.2, -0.15) is 0 Å². The molecule has 0 fully saturated rings. The molecule has 0 spiro atoms. The number of hydrogen-bond donors (Lipinski definition) is 0. The van der Waals surface area contributed by atoms with Gasteiger partial charge in [-0.25, -0.2) is 0 Å². The summed E-state index contributed by atoms with van der Waals surface area (Å²) in [6.45, 7) is 2.05. The molecule has 3 aromatic carbocycles. The van der Waals surface area contributed by atoms with E-state index in [1.807, 2.05) is 72.8 Å². The first-order chi connectivity index (χ1) is 15.1. The van der Waals surface area contributed by atoms with Crippen molar-refractivity contribution in [3.8, 4) is 0 Å². The van der Waals surface area contributed by atoms with Gasteiger partial charge in [0.25, 0.3) is 0 Å². The lowest BCUT2D eigenvalue weighted by atomic mass is 10.0. The van der Waals surface area contributed by atoms with Crippen LogP contribution in [0.4, 0.5) is 0 Å². The van der Waals surface area contributed by atoms with Gasteiger partial charge in [-0.05, 0) is 29.2 Å². The van der Waals surface area contributed by atoms with E-state index in [9.17, 15) is 4.79 Å². The average molecular weight is 442 g/mol. The van der Waals surface area contributed by atoms with E-state index in [4.69, 9.17) is 16.8 Å². The monoisotopic (exact) mass is 441 g/mol. The number of hydrogen-bond acceptors (Lipinski definition) is 3. The van der Waals surface area contributed by atoms with Crippen LogP contribution < -0.4 is 10.6 Å². The fourth-order valence-electron chi connectivity index (χ4n) is 3.97. The van der Waals surface area contributed by atoms with Crippen molar-refractivity contribution < 1.29 is 4.79 Å². The van der Waals surface area contributed by atoms with Crippen molar-refractivity contribution in [2.45, 2.75) is 19.0 Å². The van der Waals surface area contributed by atoms with Crippen molar-refractivity contribution >= 4 is 34.2 Å². The molecular formula is C27H24NOPS. The average Bonchev–Trinajstić information content (AvgIpc) is 2.84. The summed E-state index contributed by atoms with van der Waals surface area (Å²) in [5, 5.41) is 2.21. The lowest BCUT2D eigenvalue weighted by molar-refractivity contribution is 0.0981. The zero-order valence-corrected chi connectivity index (χ0v) is 19.1. The maximum atomic E-state index is 13.4. The van der Waals surface area contributed by atoms with Crippen LogP contribution in [0.2, 0.25) is 0 Å². The Kier molecular flexibility index (Phi) is 6.56. The van der Waals surface area contributed by atoms with Crippen molar-refractivity contribution in [3.05, 3.63) is 126 Å². The Balaban J connectivity index is 1.92.